The highest BCUT2D eigenvalue weighted by molar-refractivity contribution is 5.43. The first-order valence-electron chi connectivity index (χ1n) is 9.35. The number of ether oxygens (including phenoxy) is 2. The van der Waals surface area contributed by atoms with Gasteiger partial charge in [0.1, 0.15) is 6.61 Å². The van der Waals surface area contributed by atoms with Gasteiger partial charge in [-0.15, -0.1) is 0 Å². The maximum absolute atomic E-state index is 12.4. The number of methoxy groups -OCH3 is 1. The lowest BCUT2D eigenvalue weighted by molar-refractivity contribution is 0.271. The number of benzene rings is 1. The Morgan fingerprint density at radius 1 is 1.11 bits per heavy atom. The summed E-state index contributed by atoms with van der Waals surface area (Å²) < 4.78 is 12.5. The van der Waals surface area contributed by atoms with E-state index in [9.17, 15) is 4.79 Å². The van der Waals surface area contributed by atoms with Crippen molar-refractivity contribution in [3.63, 3.8) is 0 Å². The van der Waals surface area contributed by atoms with Crippen LogP contribution in [0.25, 0.3) is 0 Å². The molecule has 0 N–H and O–H groups in total. The van der Waals surface area contributed by atoms with E-state index in [1.165, 1.54) is 4.68 Å². The summed E-state index contributed by atoms with van der Waals surface area (Å²) in [5, 5.41) is 4.33. The van der Waals surface area contributed by atoms with E-state index in [0.717, 1.165) is 43.9 Å². The van der Waals surface area contributed by atoms with Gasteiger partial charge < -0.3 is 19.3 Å². The fourth-order valence-electron chi connectivity index (χ4n) is 3.21. The van der Waals surface area contributed by atoms with Crippen molar-refractivity contribution in [1.82, 2.24) is 14.7 Å². The van der Waals surface area contributed by atoms with Gasteiger partial charge in [-0.25, -0.2) is 4.68 Å². The van der Waals surface area contributed by atoms with Crippen molar-refractivity contribution in [2.45, 2.75) is 19.9 Å². The van der Waals surface area contributed by atoms with Gasteiger partial charge in [-0.05, 0) is 44.6 Å². The molecule has 0 atom stereocenters. The maximum Gasteiger partial charge on any atom is 0.268 e. The second-order valence-electron chi connectivity index (χ2n) is 6.92. The summed E-state index contributed by atoms with van der Waals surface area (Å²) in [6, 6.07) is 7.44. The van der Waals surface area contributed by atoms with Gasteiger partial charge in [-0.3, -0.25) is 4.79 Å². The van der Waals surface area contributed by atoms with Gasteiger partial charge in [0.05, 0.1) is 25.5 Å². The summed E-state index contributed by atoms with van der Waals surface area (Å²) in [7, 11) is 3.75. The van der Waals surface area contributed by atoms with Crippen molar-refractivity contribution in [3.8, 4) is 11.5 Å². The molecule has 0 aliphatic carbocycles. The molecule has 1 aliphatic rings. The third-order valence-electron chi connectivity index (χ3n) is 4.82. The highest BCUT2D eigenvalue weighted by Crippen LogP contribution is 2.27. The van der Waals surface area contributed by atoms with Crippen LogP contribution < -0.4 is 19.9 Å². The number of aryl methyl sites for hydroxylation is 1. The third-order valence-corrected chi connectivity index (χ3v) is 4.82. The number of aromatic nitrogens is 2. The van der Waals surface area contributed by atoms with E-state index < -0.39 is 0 Å². The molecular weight excluding hydrogens is 344 g/mol. The zero-order valence-electron chi connectivity index (χ0n) is 16.4. The smallest absolute Gasteiger partial charge is 0.268 e. The number of likely N-dealkylation sites (N-methyl/N-ethyl adjacent to an activating group) is 1. The van der Waals surface area contributed by atoms with E-state index in [1.54, 1.807) is 19.4 Å². The average molecular weight is 372 g/mol. The summed E-state index contributed by atoms with van der Waals surface area (Å²) in [6.07, 6.45) is 2.87. The Morgan fingerprint density at radius 2 is 1.96 bits per heavy atom. The van der Waals surface area contributed by atoms with Gasteiger partial charge in [0.25, 0.3) is 5.56 Å². The lowest BCUT2D eigenvalue weighted by Crippen LogP contribution is -2.31. The Balaban J connectivity index is 1.61. The van der Waals surface area contributed by atoms with E-state index in [1.807, 2.05) is 25.1 Å². The van der Waals surface area contributed by atoms with Crippen molar-refractivity contribution >= 4 is 5.69 Å². The first kappa shape index (κ1) is 19.2. The van der Waals surface area contributed by atoms with Crippen LogP contribution in [0.5, 0.6) is 11.5 Å². The van der Waals surface area contributed by atoms with Gasteiger partial charge >= 0.3 is 0 Å². The SMILES string of the molecule is COc1cc(C)ccc1OCCn1ncc(N2CCCN(C)CC2)cc1=O. The number of anilines is 1. The number of nitrogens with zero attached hydrogens (tertiary/aromatic N) is 4. The molecule has 0 bridgehead atoms. The molecule has 1 aliphatic heterocycles. The predicted molar refractivity (Wildman–Crippen MR) is 106 cm³/mol. The first-order chi connectivity index (χ1) is 13.1. The van der Waals surface area contributed by atoms with Crippen LogP contribution in [0.1, 0.15) is 12.0 Å². The zero-order valence-corrected chi connectivity index (χ0v) is 16.4. The van der Waals surface area contributed by atoms with Crippen molar-refractivity contribution in [3.05, 3.63) is 46.4 Å². The van der Waals surface area contributed by atoms with Crippen LogP contribution in [0.3, 0.4) is 0 Å². The predicted octanol–water partition coefficient (Wildman–Crippen LogP) is 1.78. The van der Waals surface area contributed by atoms with Crippen LogP contribution >= 0.6 is 0 Å². The Kier molecular flexibility index (Phi) is 6.34. The van der Waals surface area contributed by atoms with Crippen LogP contribution in [0, 0.1) is 6.92 Å². The van der Waals surface area contributed by atoms with E-state index >= 15 is 0 Å². The molecule has 7 heteroatoms. The molecule has 0 spiro atoms. The van der Waals surface area contributed by atoms with Gasteiger partial charge in [-0.2, -0.15) is 5.10 Å². The second kappa shape index (κ2) is 8.90. The van der Waals surface area contributed by atoms with Crippen LogP contribution in [0.15, 0.2) is 35.3 Å². The monoisotopic (exact) mass is 372 g/mol. The van der Waals surface area contributed by atoms with Crippen LogP contribution in [0.4, 0.5) is 5.69 Å². The van der Waals surface area contributed by atoms with Crippen molar-refractivity contribution in [2.75, 3.05) is 51.8 Å². The van der Waals surface area contributed by atoms with Crippen molar-refractivity contribution < 1.29 is 9.47 Å². The first-order valence-corrected chi connectivity index (χ1v) is 9.35. The third kappa shape index (κ3) is 5.01. The summed E-state index contributed by atoms with van der Waals surface area (Å²) in [5.74, 6) is 1.36. The molecular formula is C20H28N4O3. The molecule has 3 rings (SSSR count). The molecule has 2 aromatic rings. The van der Waals surface area contributed by atoms with Crippen molar-refractivity contribution in [1.29, 1.82) is 0 Å². The van der Waals surface area contributed by atoms with E-state index in [-0.39, 0.29) is 5.56 Å². The average Bonchev–Trinajstić information content (AvgIpc) is 2.88. The van der Waals surface area contributed by atoms with Gasteiger partial charge in [0.2, 0.25) is 0 Å². The molecule has 0 unspecified atom stereocenters. The Bertz CT molecular complexity index is 821. The largest absolute Gasteiger partial charge is 0.493 e. The molecule has 2 heterocycles. The molecule has 1 saturated heterocycles. The molecule has 1 fully saturated rings. The summed E-state index contributed by atoms with van der Waals surface area (Å²) in [6.45, 7) is 6.68. The quantitative estimate of drug-likeness (QED) is 0.770. The minimum absolute atomic E-state index is 0.107. The molecule has 7 nitrogen and oxygen atoms in total. The zero-order chi connectivity index (χ0) is 19.2. The fraction of sp³-hybridized carbons (Fsp3) is 0.500. The topological polar surface area (TPSA) is 59.8 Å². The Morgan fingerprint density at radius 3 is 2.74 bits per heavy atom. The maximum atomic E-state index is 12.4. The van der Waals surface area contributed by atoms with Crippen molar-refractivity contribution in [2.24, 2.45) is 0 Å². The summed E-state index contributed by atoms with van der Waals surface area (Å²) >= 11 is 0. The van der Waals surface area contributed by atoms with Crippen LogP contribution in [-0.2, 0) is 6.54 Å². The Labute approximate surface area is 160 Å². The van der Waals surface area contributed by atoms with Gasteiger partial charge in [0.15, 0.2) is 11.5 Å². The number of hydrogen-bond acceptors (Lipinski definition) is 6. The van der Waals surface area contributed by atoms with E-state index in [2.05, 4.69) is 21.9 Å². The molecule has 0 saturated carbocycles. The minimum atomic E-state index is -0.107. The Hall–Kier alpha value is -2.54. The molecule has 1 aromatic carbocycles. The van der Waals surface area contributed by atoms with E-state index in [4.69, 9.17) is 9.47 Å². The minimum Gasteiger partial charge on any atom is -0.493 e. The van der Waals surface area contributed by atoms with Gasteiger partial charge in [0, 0.05) is 25.7 Å². The van der Waals surface area contributed by atoms with Crippen LogP contribution in [0.2, 0.25) is 0 Å². The molecule has 0 radical (unpaired) electrons. The highest BCUT2D eigenvalue weighted by atomic mass is 16.5. The number of rotatable bonds is 6. The molecule has 0 amide bonds. The van der Waals surface area contributed by atoms with E-state index in [0.29, 0.717) is 24.7 Å². The molecule has 146 valence electrons. The van der Waals surface area contributed by atoms with Crippen LogP contribution in [-0.4, -0.2) is 61.6 Å². The standard InChI is InChI=1S/C20H28N4O3/c1-16-5-6-18(19(13-16)26-3)27-12-11-24-20(25)14-17(15-21-24)23-8-4-7-22(2)9-10-23/h5-6,13-15H,4,7-12H2,1-3H3. The normalized spacial score (nSPS) is 15.4. The lowest BCUT2D eigenvalue weighted by atomic mass is 10.2. The lowest BCUT2D eigenvalue weighted by Gasteiger charge is -2.22. The summed E-state index contributed by atoms with van der Waals surface area (Å²) in [5.41, 5.74) is 1.89. The molecule has 1 aromatic heterocycles. The summed E-state index contributed by atoms with van der Waals surface area (Å²) in [4.78, 5) is 17.0. The fourth-order valence-corrected chi connectivity index (χ4v) is 3.21. The second-order valence-corrected chi connectivity index (χ2v) is 6.92. The number of hydrogen-bond donors (Lipinski definition) is 0. The van der Waals surface area contributed by atoms with Gasteiger partial charge in [-0.1, -0.05) is 6.07 Å². The molecule has 27 heavy (non-hydrogen) atoms. The highest BCUT2D eigenvalue weighted by Gasteiger charge is 2.14.